The molecule has 0 aliphatic rings. The third kappa shape index (κ3) is 2.02. The third-order valence-corrected chi connectivity index (χ3v) is 3.14. The maximum absolute atomic E-state index is 6.05. The molecule has 0 amide bonds. The van der Waals surface area contributed by atoms with E-state index in [4.69, 9.17) is 31.0 Å². The second-order valence-corrected chi connectivity index (χ2v) is 4.53. The lowest BCUT2D eigenvalue weighted by Gasteiger charge is -2.08. The van der Waals surface area contributed by atoms with Gasteiger partial charge in [0, 0.05) is 10.6 Å². The van der Waals surface area contributed by atoms with Crippen LogP contribution in [0, 0.1) is 0 Å². The summed E-state index contributed by atoms with van der Waals surface area (Å²) in [6.45, 7) is 0. The summed E-state index contributed by atoms with van der Waals surface area (Å²) in [5, 5.41) is 4.51. The van der Waals surface area contributed by atoms with Crippen molar-refractivity contribution in [2.45, 2.75) is 0 Å². The number of methoxy groups -OCH3 is 1. The van der Waals surface area contributed by atoms with Crippen molar-refractivity contribution in [2.24, 2.45) is 0 Å². The standard InChI is InChI=1S/C14H11ClN2O3/c1-18-10-5-4-8(15)7-9(10)12-13(17-20-14(12)16)11-3-2-6-19-11/h2-7H,16H2,1H3. The molecule has 2 aromatic heterocycles. The quantitative estimate of drug-likeness (QED) is 0.793. The predicted octanol–water partition coefficient (Wildman–Crippen LogP) is 3.85. The van der Waals surface area contributed by atoms with Crippen LogP contribution in [0.1, 0.15) is 0 Å². The van der Waals surface area contributed by atoms with Crippen LogP contribution in [0.25, 0.3) is 22.6 Å². The topological polar surface area (TPSA) is 74.4 Å². The molecule has 6 heteroatoms. The van der Waals surface area contributed by atoms with E-state index in [9.17, 15) is 0 Å². The fourth-order valence-corrected chi connectivity index (χ4v) is 2.19. The fourth-order valence-electron chi connectivity index (χ4n) is 2.02. The van der Waals surface area contributed by atoms with Crippen molar-refractivity contribution in [1.29, 1.82) is 0 Å². The zero-order valence-electron chi connectivity index (χ0n) is 10.6. The number of nitrogens with two attached hydrogens (primary N) is 1. The van der Waals surface area contributed by atoms with Gasteiger partial charge in [0.1, 0.15) is 5.75 Å². The van der Waals surface area contributed by atoms with Gasteiger partial charge in [-0.15, -0.1) is 0 Å². The maximum atomic E-state index is 6.05. The average molecular weight is 291 g/mol. The number of hydrogen-bond donors (Lipinski definition) is 1. The number of anilines is 1. The first-order valence-corrected chi connectivity index (χ1v) is 6.21. The van der Waals surface area contributed by atoms with Crippen LogP contribution >= 0.6 is 11.6 Å². The van der Waals surface area contributed by atoms with Gasteiger partial charge in [0.05, 0.1) is 18.9 Å². The van der Waals surface area contributed by atoms with Gasteiger partial charge in [-0.1, -0.05) is 16.8 Å². The van der Waals surface area contributed by atoms with E-state index in [1.807, 2.05) is 0 Å². The van der Waals surface area contributed by atoms with Crippen molar-refractivity contribution in [1.82, 2.24) is 5.16 Å². The van der Waals surface area contributed by atoms with Crippen molar-refractivity contribution in [3.05, 3.63) is 41.6 Å². The van der Waals surface area contributed by atoms with E-state index in [1.54, 1.807) is 43.7 Å². The number of ether oxygens (including phenoxy) is 1. The van der Waals surface area contributed by atoms with Crippen molar-refractivity contribution in [2.75, 3.05) is 12.8 Å². The average Bonchev–Trinajstić information content (AvgIpc) is 3.07. The highest BCUT2D eigenvalue weighted by atomic mass is 35.5. The molecule has 0 bridgehead atoms. The van der Waals surface area contributed by atoms with Crippen LogP contribution in [0.2, 0.25) is 5.02 Å². The van der Waals surface area contributed by atoms with Gasteiger partial charge >= 0.3 is 0 Å². The Morgan fingerprint density at radius 2 is 2.15 bits per heavy atom. The van der Waals surface area contributed by atoms with Gasteiger partial charge in [-0.2, -0.15) is 0 Å². The zero-order chi connectivity index (χ0) is 14.1. The Morgan fingerprint density at radius 3 is 2.85 bits per heavy atom. The largest absolute Gasteiger partial charge is 0.496 e. The molecular weight excluding hydrogens is 280 g/mol. The molecule has 3 aromatic rings. The van der Waals surface area contributed by atoms with Gasteiger partial charge in [-0.3, -0.25) is 0 Å². The maximum Gasteiger partial charge on any atom is 0.230 e. The van der Waals surface area contributed by atoms with Crippen LogP contribution in [0.3, 0.4) is 0 Å². The lowest BCUT2D eigenvalue weighted by Crippen LogP contribution is -1.92. The van der Waals surface area contributed by atoms with E-state index in [1.165, 1.54) is 0 Å². The molecule has 0 saturated heterocycles. The molecule has 0 aliphatic carbocycles. The normalized spacial score (nSPS) is 10.7. The van der Waals surface area contributed by atoms with Gasteiger partial charge in [0.15, 0.2) is 11.5 Å². The van der Waals surface area contributed by atoms with Gasteiger partial charge in [-0.25, -0.2) is 0 Å². The van der Waals surface area contributed by atoms with Crippen molar-refractivity contribution in [3.8, 4) is 28.3 Å². The number of rotatable bonds is 3. The molecule has 2 N–H and O–H groups in total. The van der Waals surface area contributed by atoms with E-state index < -0.39 is 0 Å². The second kappa shape index (κ2) is 4.94. The minimum atomic E-state index is 0.178. The molecule has 0 radical (unpaired) electrons. The summed E-state index contributed by atoms with van der Waals surface area (Å²) in [5.74, 6) is 1.36. The van der Waals surface area contributed by atoms with Crippen LogP contribution in [-0.2, 0) is 0 Å². The molecule has 3 rings (SSSR count). The second-order valence-electron chi connectivity index (χ2n) is 4.09. The van der Waals surface area contributed by atoms with Crippen molar-refractivity contribution < 1.29 is 13.7 Å². The van der Waals surface area contributed by atoms with E-state index >= 15 is 0 Å². The molecule has 0 atom stereocenters. The lowest BCUT2D eigenvalue weighted by atomic mass is 10.0. The molecule has 0 spiro atoms. The SMILES string of the molecule is COc1ccc(Cl)cc1-c1c(-c2ccco2)noc1N. The van der Waals surface area contributed by atoms with Gasteiger partial charge in [-0.05, 0) is 30.3 Å². The van der Waals surface area contributed by atoms with Crippen molar-refractivity contribution in [3.63, 3.8) is 0 Å². The molecule has 0 unspecified atom stereocenters. The molecule has 5 nitrogen and oxygen atoms in total. The Bertz CT molecular complexity index is 735. The highest BCUT2D eigenvalue weighted by molar-refractivity contribution is 6.31. The summed E-state index contributed by atoms with van der Waals surface area (Å²) in [6, 6.07) is 8.78. The van der Waals surface area contributed by atoms with Gasteiger partial charge in [0.25, 0.3) is 0 Å². The Balaban J connectivity index is 2.25. The summed E-state index contributed by atoms with van der Waals surface area (Å²) in [6.07, 6.45) is 1.55. The summed E-state index contributed by atoms with van der Waals surface area (Å²) >= 11 is 6.05. The van der Waals surface area contributed by atoms with Crippen molar-refractivity contribution >= 4 is 17.5 Å². The smallest absolute Gasteiger partial charge is 0.230 e. The molecule has 1 aromatic carbocycles. The van der Waals surface area contributed by atoms with Crippen LogP contribution in [0.4, 0.5) is 5.88 Å². The number of nitrogen functional groups attached to an aromatic ring is 1. The summed E-state index contributed by atoms with van der Waals surface area (Å²) in [5.41, 5.74) is 7.69. The summed E-state index contributed by atoms with van der Waals surface area (Å²) in [7, 11) is 1.57. The Labute approximate surface area is 119 Å². The number of aromatic nitrogens is 1. The minimum absolute atomic E-state index is 0.178. The molecule has 102 valence electrons. The van der Waals surface area contributed by atoms with Crippen LogP contribution in [0.5, 0.6) is 5.75 Å². The first-order valence-electron chi connectivity index (χ1n) is 5.83. The van der Waals surface area contributed by atoms with E-state index in [2.05, 4.69) is 5.16 Å². The highest BCUT2D eigenvalue weighted by Gasteiger charge is 2.22. The summed E-state index contributed by atoms with van der Waals surface area (Å²) in [4.78, 5) is 0. The molecule has 20 heavy (non-hydrogen) atoms. The Morgan fingerprint density at radius 1 is 1.30 bits per heavy atom. The van der Waals surface area contributed by atoms with Crippen LogP contribution < -0.4 is 10.5 Å². The predicted molar refractivity (Wildman–Crippen MR) is 75.6 cm³/mol. The van der Waals surface area contributed by atoms with Crippen LogP contribution in [-0.4, -0.2) is 12.3 Å². The third-order valence-electron chi connectivity index (χ3n) is 2.90. The minimum Gasteiger partial charge on any atom is -0.496 e. The number of hydrogen-bond acceptors (Lipinski definition) is 5. The van der Waals surface area contributed by atoms with E-state index in [-0.39, 0.29) is 5.88 Å². The van der Waals surface area contributed by atoms with Crippen LogP contribution in [0.15, 0.2) is 45.5 Å². The molecule has 0 fully saturated rings. The van der Waals surface area contributed by atoms with Gasteiger partial charge < -0.3 is 19.4 Å². The first kappa shape index (κ1) is 12.6. The molecular formula is C14H11ClN2O3. The monoisotopic (exact) mass is 290 g/mol. The van der Waals surface area contributed by atoms with E-state index in [0.29, 0.717) is 33.4 Å². The summed E-state index contributed by atoms with van der Waals surface area (Å²) < 4.78 is 15.8. The Kier molecular flexibility index (Phi) is 3.12. The number of nitrogens with zero attached hydrogens (tertiary/aromatic N) is 1. The fraction of sp³-hybridized carbons (Fsp3) is 0.0714. The first-order chi connectivity index (χ1) is 9.70. The van der Waals surface area contributed by atoms with E-state index in [0.717, 1.165) is 0 Å². The van der Waals surface area contributed by atoms with Gasteiger partial charge in [0.2, 0.25) is 5.88 Å². The highest BCUT2D eigenvalue weighted by Crippen LogP contribution is 2.41. The molecule has 0 saturated carbocycles. The Hall–Kier alpha value is -2.40. The number of furan rings is 1. The molecule has 0 aliphatic heterocycles. The number of halogens is 1. The zero-order valence-corrected chi connectivity index (χ0v) is 11.3. The number of benzene rings is 1. The molecule has 2 heterocycles. The lowest BCUT2D eigenvalue weighted by molar-refractivity contribution is 0.416.